The van der Waals surface area contributed by atoms with E-state index in [4.69, 9.17) is 21.4 Å². The first kappa shape index (κ1) is 16.4. The van der Waals surface area contributed by atoms with E-state index in [1.54, 1.807) is 0 Å². The van der Waals surface area contributed by atoms with E-state index in [9.17, 15) is 18.4 Å². The van der Waals surface area contributed by atoms with Crippen molar-refractivity contribution >= 4 is 29.2 Å². The summed E-state index contributed by atoms with van der Waals surface area (Å²) in [5, 5.41) is 11.2. The topological polar surface area (TPSA) is 84.9 Å². The molecular weight excluding hydrogens is 324 g/mol. The highest BCUT2D eigenvalue weighted by atomic mass is 35.5. The maximum absolute atomic E-state index is 12.2. The first-order chi connectivity index (χ1) is 10.4. The predicted octanol–water partition coefficient (Wildman–Crippen LogP) is 2.51. The molecule has 2 rings (SSSR count). The molecule has 1 fully saturated rings. The molecule has 2 atom stereocenters. The van der Waals surface area contributed by atoms with E-state index in [0.717, 1.165) is 6.07 Å². The molecule has 0 bridgehead atoms. The molecule has 0 unspecified atom stereocenters. The Balaban J connectivity index is 2.01. The van der Waals surface area contributed by atoms with Crippen LogP contribution in [-0.4, -0.2) is 35.8 Å². The molecule has 0 spiro atoms. The molecule has 2 N–H and O–H groups in total. The number of halogens is 3. The zero-order valence-electron chi connectivity index (χ0n) is 11.1. The monoisotopic (exact) mass is 335 g/mol. The molecule has 9 heteroatoms. The molecule has 1 saturated heterocycles. The van der Waals surface area contributed by atoms with Crippen LogP contribution in [0.25, 0.3) is 0 Å². The first-order valence-corrected chi connectivity index (χ1v) is 6.68. The summed E-state index contributed by atoms with van der Waals surface area (Å²) in [5.74, 6) is -1.96. The fourth-order valence-corrected chi connectivity index (χ4v) is 2.16. The lowest BCUT2D eigenvalue weighted by Crippen LogP contribution is -2.29. The molecule has 1 amide bonds. The van der Waals surface area contributed by atoms with Gasteiger partial charge in [-0.25, -0.2) is 4.79 Å². The number of carboxylic acid groups (broad SMARTS) is 1. The van der Waals surface area contributed by atoms with Crippen LogP contribution in [-0.2, 0) is 14.3 Å². The van der Waals surface area contributed by atoms with Crippen molar-refractivity contribution in [1.82, 2.24) is 0 Å². The van der Waals surface area contributed by atoms with Gasteiger partial charge in [0, 0.05) is 11.8 Å². The molecule has 6 nitrogen and oxygen atoms in total. The number of anilines is 1. The molecule has 1 aromatic rings. The summed E-state index contributed by atoms with van der Waals surface area (Å²) >= 11 is 5.70. The van der Waals surface area contributed by atoms with E-state index < -0.39 is 30.7 Å². The van der Waals surface area contributed by atoms with Gasteiger partial charge in [-0.05, 0) is 25.0 Å². The van der Waals surface area contributed by atoms with Crippen LogP contribution in [0.4, 0.5) is 14.5 Å². The Kier molecular flexibility index (Phi) is 5.15. The van der Waals surface area contributed by atoms with E-state index in [-0.39, 0.29) is 29.3 Å². The lowest BCUT2D eigenvalue weighted by molar-refractivity contribution is -0.150. The average molecular weight is 336 g/mol. The minimum atomic E-state index is -3.04. The largest absolute Gasteiger partial charge is 0.479 e. The number of benzene rings is 1. The fraction of sp³-hybridized carbons (Fsp3) is 0.385. The Hall–Kier alpha value is -1.93. The minimum Gasteiger partial charge on any atom is -0.479 e. The minimum absolute atomic E-state index is 0.0265. The van der Waals surface area contributed by atoms with Gasteiger partial charge in [0.15, 0.2) is 6.10 Å². The van der Waals surface area contributed by atoms with Crippen molar-refractivity contribution in [3.8, 4) is 5.75 Å². The molecule has 1 heterocycles. The summed E-state index contributed by atoms with van der Waals surface area (Å²) in [5.41, 5.74) is 0.187. The van der Waals surface area contributed by atoms with Crippen molar-refractivity contribution in [2.75, 3.05) is 5.32 Å². The van der Waals surface area contributed by atoms with Crippen LogP contribution < -0.4 is 10.1 Å². The molecule has 120 valence electrons. The van der Waals surface area contributed by atoms with Gasteiger partial charge in [0.2, 0.25) is 0 Å². The number of amides is 1. The maximum Gasteiger partial charge on any atom is 0.387 e. The Bertz CT molecular complexity index is 584. The molecule has 0 radical (unpaired) electrons. The third kappa shape index (κ3) is 4.05. The third-order valence-electron chi connectivity index (χ3n) is 3.00. The Labute approximate surface area is 129 Å². The smallest absolute Gasteiger partial charge is 0.387 e. The highest BCUT2D eigenvalue weighted by Gasteiger charge is 2.34. The second kappa shape index (κ2) is 6.89. The molecule has 1 aromatic carbocycles. The van der Waals surface area contributed by atoms with E-state index >= 15 is 0 Å². The molecule has 0 saturated carbocycles. The number of ether oxygens (including phenoxy) is 2. The van der Waals surface area contributed by atoms with Gasteiger partial charge in [-0.3, -0.25) is 4.79 Å². The average Bonchev–Trinajstić information content (AvgIpc) is 2.92. The van der Waals surface area contributed by atoms with Crippen molar-refractivity contribution in [3.05, 3.63) is 23.2 Å². The van der Waals surface area contributed by atoms with Crippen LogP contribution >= 0.6 is 11.6 Å². The van der Waals surface area contributed by atoms with E-state index in [1.165, 1.54) is 12.1 Å². The quantitative estimate of drug-likeness (QED) is 0.863. The van der Waals surface area contributed by atoms with E-state index in [2.05, 4.69) is 10.1 Å². The molecule has 0 aromatic heterocycles. The normalized spacial score (nSPS) is 20.9. The number of hydrogen-bond acceptors (Lipinski definition) is 4. The van der Waals surface area contributed by atoms with E-state index in [0.29, 0.717) is 0 Å². The second-order valence-electron chi connectivity index (χ2n) is 4.54. The van der Waals surface area contributed by atoms with Gasteiger partial charge in [-0.15, -0.1) is 0 Å². The van der Waals surface area contributed by atoms with Gasteiger partial charge in [0.05, 0.1) is 5.02 Å². The van der Waals surface area contributed by atoms with Crippen molar-refractivity contribution in [2.24, 2.45) is 0 Å². The molecule has 22 heavy (non-hydrogen) atoms. The van der Waals surface area contributed by atoms with Crippen LogP contribution in [0.15, 0.2) is 18.2 Å². The summed E-state index contributed by atoms with van der Waals surface area (Å²) in [6.45, 7) is -3.04. The van der Waals surface area contributed by atoms with E-state index in [1.807, 2.05) is 0 Å². The number of alkyl halides is 2. The molecule has 1 aliphatic heterocycles. The lowest BCUT2D eigenvalue weighted by atomic mass is 10.2. The van der Waals surface area contributed by atoms with Crippen LogP contribution in [0.2, 0.25) is 5.02 Å². The van der Waals surface area contributed by atoms with Crippen LogP contribution in [0.5, 0.6) is 5.75 Å². The zero-order valence-corrected chi connectivity index (χ0v) is 11.8. The van der Waals surface area contributed by atoms with Gasteiger partial charge in [0.1, 0.15) is 11.9 Å². The van der Waals surface area contributed by atoms with Crippen LogP contribution in [0.1, 0.15) is 12.8 Å². The van der Waals surface area contributed by atoms with Crippen LogP contribution in [0.3, 0.4) is 0 Å². The van der Waals surface area contributed by atoms with Gasteiger partial charge < -0.3 is 19.9 Å². The first-order valence-electron chi connectivity index (χ1n) is 6.30. The Morgan fingerprint density at radius 3 is 2.64 bits per heavy atom. The molecule has 1 aliphatic rings. The van der Waals surface area contributed by atoms with Gasteiger partial charge >= 0.3 is 12.6 Å². The van der Waals surface area contributed by atoms with Crippen molar-refractivity contribution in [3.63, 3.8) is 0 Å². The Morgan fingerprint density at radius 1 is 1.36 bits per heavy atom. The number of carbonyl (C=O) groups excluding carboxylic acids is 1. The number of hydrogen-bond donors (Lipinski definition) is 2. The van der Waals surface area contributed by atoms with Crippen molar-refractivity contribution in [2.45, 2.75) is 31.7 Å². The summed E-state index contributed by atoms with van der Waals surface area (Å²) in [6, 6.07) is 3.85. The van der Waals surface area contributed by atoms with Gasteiger partial charge in [0.25, 0.3) is 5.91 Å². The highest BCUT2D eigenvalue weighted by Crippen LogP contribution is 2.30. The number of carboxylic acids is 1. The highest BCUT2D eigenvalue weighted by molar-refractivity contribution is 6.32. The standard InChI is InChI=1S/C13H12ClF2NO5/c14-7-2-1-6(5-10(7)22-13(15)16)17-11(18)8-3-4-9(21-8)12(19)20/h1-2,5,8-9,13H,3-4H2,(H,17,18)(H,19,20)/t8-,9+/m0/s1. The van der Waals surface area contributed by atoms with Crippen LogP contribution in [0, 0.1) is 0 Å². The number of rotatable bonds is 5. The summed E-state index contributed by atoms with van der Waals surface area (Å²) in [7, 11) is 0. The molecular formula is C13H12ClF2NO5. The number of carbonyl (C=O) groups is 2. The number of aliphatic carboxylic acids is 1. The van der Waals surface area contributed by atoms with Gasteiger partial charge in [-0.2, -0.15) is 8.78 Å². The summed E-state index contributed by atoms with van der Waals surface area (Å²) in [6.07, 6.45) is -1.43. The second-order valence-corrected chi connectivity index (χ2v) is 4.95. The third-order valence-corrected chi connectivity index (χ3v) is 3.31. The fourth-order valence-electron chi connectivity index (χ4n) is 2.00. The summed E-state index contributed by atoms with van der Waals surface area (Å²) in [4.78, 5) is 22.7. The SMILES string of the molecule is O=C(Nc1ccc(Cl)c(OC(F)F)c1)[C@@H]1CC[C@H](C(=O)O)O1. The zero-order chi connectivity index (χ0) is 16.3. The predicted molar refractivity (Wildman–Crippen MR) is 72.2 cm³/mol. The van der Waals surface area contributed by atoms with Crippen molar-refractivity contribution in [1.29, 1.82) is 0 Å². The Morgan fingerprint density at radius 2 is 2.05 bits per heavy atom. The number of nitrogens with one attached hydrogen (secondary N) is 1. The maximum atomic E-state index is 12.2. The lowest BCUT2D eigenvalue weighted by Gasteiger charge is -2.13. The molecule has 0 aliphatic carbocycles. The van der Waals surface area contributed by atoms with Crippen molar-refractivity contribution < 1.29 is 33.0 Å². The van der Waals surface area contributed by atoms with Gasteiger partial charge in [-0.1, -0.05) is 11.6 Å². The summed E-state index contributed by atoms with van der Waals surface area (Å²) < 4.78 is 33.7.